The maximum Gasteiger partial charge on any atom is 0.266 e. The zero-order valence-corrected chi connectivity index (χ0v) is 28.9. The van der Waals surface area contributed by atoms with Crippen LogP contribution < -0.4 is 20.7 Å². The van der Waals surface area contributed by atoms with Crippen LogP contribution >= 0.6 is 11.3 Å². The number of imide groups is 2. The zero-order chi connectivity index (χ0) is 36.5. The Balaban J connectivity index is 0.782. The Bertz CT molecular complexity index is 1950. The number of benzene rings is 3. The number of nitrogens with zero attached hydrogens (tertiary/aromatic N) is 2. The predicted molar refractivity (Wildman–Crippen MR) is 189 cm³/mol. The summed E-state index contributed by atoms with van der Waals surface area (Å²) < 4.78 is 23.1. The smallest absolute Gasteiger partial charge is 0.266 e. The van der Waals surface area contributed by atoms with Gasteiger partial charge in [0.05, 0.1) is 61.0 Å². The predicted octanol–water partition coefficient (Wildman–Crippen LogP) is 2.73. The number of hydrogen-bond donors (Lipinski definition) is 4. The first-order valence-corrected chi connectivity index (χ1v) is 17.5. The highest BCUT2D eigenvalue weighted by atomic mass is 32.1. The van der Waals surface area contributed by atoms with Crippen LogP contribution in [0.15, 0.2) is 60.7 Å². The van der Waals surface area contributed by atoms with Crippen LogP contribution in [0.2, 0.25) is 0 Å². The first-order chi connectivity index (χ1) is 25.3. The quantitative estimate of drug-likeness (QED) is 0.0865. The molecular weight excluding hydrogens is 694 g/mol. The number of nitrogens with one attached hydrogen (secondary N) is 3. The number of phenolic OH excluding ortho intramolecular Hbond substituents is 1. The van der Waals surface area contributed by atoms with Gasteiger partial charge in [0.15, 0.2) is 6.61 Å². The molecule has 15 nitrogen and oxygen atoms in total. The highest BCUT2D eigenvalue weighted by molar-refractivity contribution is 7.21. The second-order valence-corrected chi connectivity index (χ2v) is 12.8. The van der Waals surface area contributed by atoms with Crippen molar-refractivity contribution < 1.29 is 48.0 Å². The van der Waals surface area contributed by atoms with Crippen molar-refractivity contribution in [3.63, 3.8) is 0 Å². The monoisotopic (exact) mass is 731 g/mol. The van der Waals surface area contributed by atoms with Crippen LogP contribution in [0, 0.1) is 0 Å². The summed E-state index contributed by atoms with van der Waals surface area (Å²) in [5.74, 6) is -2.71. The van der Waals surface area contributed by atoms with Gasteiger partial charge in [-0.05, 0) is 61.0 Å². The minimum absolute atomic E-state index is 0.0127. The lowest BCUT2D eigenvalue weighted by Crippen LogP contribution is -2.54. The molecule has 6 rings (SSSR count). The van der Waals surface area contributed by atoms with E-state index in [0.717, 1.165) is 31.4 Å². The molecule has 16 heteroatoms. The summed E-state index contributed by atoms with van der Waals surface area (Å²) in [4.78, 5) is 67.7. The van der Waals surface area contributed by atoms with Crippen molar-refractivity contribution in [2.45, 2.75) is 18.9 Å². The third-order valence-corrected chi connectivity index (χ3v) is 9.25. The van der Waals surface area contributed by atoms with E-state index in [1.807, 2.05) is 30.3 Å². The molecule has 52 heavy (non-hydrogen) atoms. The second-order valence-electron chi connectivity index (χ2n) is 11.8. The molecule has 3 heterocycles. The highest BCUT2D eigenvalue weighted by Crippen LogP contribution is 2.34. The number of anilines is 1. The van der Waals surface area contributed by atoms with Gasteiger partial charge in [0.1, 0.15) is 22.5 Å². The molecule has 0 spiro atoms. The van der Waals surface area contributed by atoms with E-state index in [1.165, 1.54) is 29.5 Å². The van der Waals surface area contributed by atoms with E-state index in [-0.39, 0.29) is 48.6 Å². The number of hydrogen-bond acceptors (Lipinski definition) is 13. The van der Waals surface area contributed by atoms with Gasteiger partial charge in [0, 0.05) is 30.8 Å². The number of aromatic nitrogens is 1. The van der Waals surface area contributed by atoms with Crippen LogP contribution in [0.1, 0.15) is 33.6 Å². The molecule has 0 aliphatic carbocycles. The number of piperidine rings is 1. The summed E-state index contributed by atoms with van der Waals surface area (Å²) in [6, 6.07) is 16.5. The Kier molecular flexibility index (Phi) is 12.0. The van der Waals surface area contributed by atoms with Gasteiger partial charge < -0.3 is 34.7 Å². The maximum atomic E-state index is 13.1. The summed E-state index contributed by atoms with van der Waals surface area (Å²) in [7, 11) is 0. The molecule has 2 aliphatic rings. The molecule has 4 aromatic rings. The van der Waals surface area contributed by atoms with Gasteiger partial charge in [-0.3, -0.25) is 34.2 Å². The highest BCUT2D eigenvalue weighted by Gasteiger charge is 2.46. The van der Waals surface area contributed by atoms with Crippen molar-refractivity contribution >= 4 is 56.8 Å². The summed E-state index contributed by atoms with van der Waals surface area (Å²) >= 11 is 1.54. The van der Waals surface area contributed by atoms with E-state index >= 15 is 0 Å². The largest absolute Gasteiger partial charge is 0.508 e. The molecule has 1 aromatic heterocycles. The van der Waals surface area contributed by atoms with E-state index in [9.17, 15) is 29.1 Å². The van der Waals surface area contributed by atoms with Gasteiger partial charge in [-0.2, -0.15) is 0 Å². The van der Waals surface area contributed by atoms with Gasteiger partial charge in [-0.25, -0.2) is 4.98 Å². The number of phenols is 1. The van der Waals surface area contributed by atoms with Crippen molar-refractivity contribution in [1.82, 2.24) is 20.5 Å². The van der Waals surface area contributed by atoms with E-state index in [2.05, 4.69) is 20.9 Å². The minimum Gasteiger partial charge on any atom is -0.508 e. The van der Waals surface area contributed by atoms with Crippen LogP contribution in [0.4, 0.5) is 5.69 Å². The Hall–Kier alpha value is -5.42. The molecule has 5 amide bonds. The summed E-state index contributed by atoms with van der Waals surface area (Å²) in [5, 5.41) is 18.7. The Labute approximate surface area is 302 Å². The van der Waals surface area contributed by atoms with Crippen LogP contribution in [-0.2, 0) is 28.6 Å². The number of fused-ring (bicyclic) bond motifs is 2. The van der Waals surface area contributed by atoms with Crippen LogP contribution in [0.25, 0.3) is 20.8 Å². The van der Waals surface area contributed by atoms with E-state index < -0.39 is 42.2 Å². The molecule has 3 aromatic carbocycles. The Morgan fingerprint density at radius 1 is 0.904 bits per heavy atom. The van der Waals surface area contributed by atoms with Gasteiger partial charge in [-0.15, -0.1) is 11.3 Å². The number of carbonyl (C=O) groups excluding carboxylic acids is 5. The molecular formula is C36H37N5O10S. The van der Waals surface area contributed by atoms with Crippen molar-refractivity contribution in [1.29, 1.82) is 0 Å². The fourth-order valence-corrected chi connectivity index (χ4v) is 6.64. The fourth-order valence-electron chi connectivity index (χ4n) is 5.64. The van der Waals surface area contributed by atoms with Crippen LogP contribution in [0.5, 0.6) is 11.5 Å². The Morgan fingerprint density at radius 3 is 2.38 bits per heavy atom. The van der Waals surface area contributed by atoms with Crippen molar-refractivity contribution in [3.05, 3.63) is 71.8 Å². The minimum atomic E-state index is -1.10. The number of rotatable bonds is 18. The van der Waals surface area contributed by atoms with E-state index in [0.29, 0.717) is 39.6 Å². The molecule has 0 bridgehead atoms. The van der Waals surface area contributed by atoms with Crippen molar-refractivity contribution in [2.75, 3.05) is 64.7 Å². The first-order valence-electron chi connectivity index (χ1n) is 16.7. The average molecular weight is 732 g/mol. The van der Waals surface area contributed by atoms with Crippen LogP contribution in [-0.4, -0.2) is 110 Å². The third-order valence-electron chi connectivity index (χ3n) is 8.18. The molecule has 1 saturated heterocycles. The zero-order valence-electron chi connectivity index (χ0n) is 28.1. The lowest BCUT2D eigenvalue weighted by molar-refractivity contribution is -0.136. The molecule has 1 unspecified atom stereocenters. The van der Waals surface area contributed by atoms with E-state index in [1.54, 1.807) is 12.1 Å². The molecule has 272 valence electrons. The second kappa shape index (κ2) is 17.2. The SMILES string of the molecule is O=C(COc1cccc2c1C(=O)N(C1CCC(=O)NC1=O)C2=O)NCCOCCOCCOCCNc1ccc(-c2nc3ccc(O)cc3s2)cc1. The lowest BCUT2D eigenvalue weighted by Gasteiger charge is -2.27. The standard InChI is InChI=1S/C36H37N5O10S/c42-24-8-9-26-29(20-24)52-34(39-26)22-4-6-23(7-5-22)37-12-14-48-16-18-50-19-17-49-15-13-38-31(44)21-51-28-3-1-2-25-32(28)36(47)41(35(25)46)27-10-11-30(43)40-33(27)45/h1-9,20,27,37,42H,10-19,21H2,(H,38,44)(H,40,43,45). The van der Waals surface area contributed by atoms with Gasteiger partial charge >= 0.3 is 0 Å². The lowest BCUT2D eigenvalue weighted by atomic mass is 10.0. The molecule has 1 atom stereocenters. The average Bonchev–Trinajstić information content (AvgIpc) is 3.67. The maximum absolute atomic E-state index is 13.1. The topological polar surface area (TPSA) is 195 Å². The Morgan fingerprint density at radius 2 is 1.63 bits per heavy atom. The number of ether oxygens (including phenoxy) is 4. The molecule has 1 fully saturated rings. The number of aromatic hydroxyl groups is 1. The molecule has 2 aliphatic heterocycles. The van der Waals surface area contributed by atoms with E-state index in [4.69, 9.17) is 18.9 Å². The third kappa shape index (κ3) is 8.89. The number of thiazole rings is 1. The first kappa shape index (κ1) is 36.4. The number of amides is 5. The summed E-state index contributed by atoms with van der Waals surface area (Å²) in [6.45, 7) is 2.75. The normalized spacial score (nSPS) is 15.5. The summed E-state index contributed by atoms with van der Waals surface area (Å²) in [5.41, 5.74) is 2.88. The fraction of sp³-hybridized carbons (Fsp3) is 0.333. The van der Waals surface area contributed by atoms with Gasteiger partial charge in [-0.1, -0.05) is 6.07 Å². The number of carbonyl (C=O) groups is 5. The molecule has 0 radical (unpaired) electrons. The van der Waals surface area contributed by atoms with Gasteiger partial charge in [0.2, 0.25) is 11.8 Å². The molecule has 0 saturated carbocycles. The van der Waals surface area contributed by atoms with Crippen molar-refractivity contribution in [3.8, 4) is 22.1 Å². The van der Waals surface area contributed by atoms with Gasteiger partial charge in [0.25, 0.3) is 17.7 Å². The van der Waals surface area contributed by atoms with Crippen molar-refractivity contribution in [2.24, 2.45) is 0 Å². The molecule has 4 N–H and O–H groups in total. The van der Waals surface area contributed by atoms with Crippen LogP contribution in [0.3, 0.4) is 0 Å². The summed E-state index contributed by atoms with van der Waals surface area (Å²) in [6.07, 6.45) is 0.0505.